The van der Waals surface area contributed by atoms with E-state index >= 15 is 0 Å². The minimum absolute atomic E-state index is 0.215. The molecule has 1 amide bonds. The lowest BCUT2D eigenvalue weighted by Gasteiger charge is -2.35. The number of nitrogens with one attached hydrogen (secondary N) is 1. The number of imidazole rings is 1. The number of H-pyrrole nitrogens is 1. The van der Waals surface area contributed by atoms with E-state index < -0.39 is 5.41 Å². The SMILES string of the molecule is Cc1nc2c([nH]1)CN(C(=O)[C@@]13COC[C@@H]1CN(c1nc4ccccc4s1)C3)CC2. The molecule has 3 aliphatic heterocycles. The van der Waals surface area contributed by atoms with Crippen LogP contribution < -0.4 is 4.90 Å². The Labute approximate surface area is 172 Å². The summed E-state index contributed by atoms with van der Waals surface area (Å²) in [6.45, 7) is 5.97. The van der Waals surface area contributed by atoms with Crippen LogP contribution >= 0.6 is 11.3 Å². The van der Waals surface area contributed by atoms with Gasteiger partial charge < -0.3 is 19.5 Å². The smallest absolute Gasteiger partial charge is 0.233 e. The van der Waals surface area contributed by atoms with Crippen molar-refractivity contribution in [2.75, 3.05) is 37.7 Å². The fourth-order valence-electron chi connectivity index (χ4n) is 5.10. The van der Waals surface area contributed by atoms with E-state index in [0.29, 0.717) is 26.3 Å². The van der Waals surface area contributed by atoms with Gasteiger partial charge in [0.1, 0.15) is 5.82 Å². The van der Waals surface area contributed by atoms with E-state index in [9.17, 15) is 4.79 Å². The zero-order chi connectivity index (χ0) is 19.6. The summed E-state index contributed by atoms with van der Waals surface area (Å²) < 4.78 is 7.02. The Balaban J connectivity index is 1.28. The van der Waals surface area contributed by atoms with Crippen molar-refractivity contribution in [1.82, 2.24) is 19.9 Å². The summed E-state index contributed by atoms with van der Waals surface area (Å²) in [7, 11) is 0. The second kappa shape index (κ2) is 6.27. The summed E-state index contributed by atoms with van der Waals surface area (Å²) in [6.07, 6.45) is 0.814. The number of amides is 1. The first-order valence-electron chi connectivity index (χ1n) is 10.1. The van der Waals surface area contributed by atoms with Crippen LogP contribution in [0.15, 0.2) is 24.3 Å². The molecular weight excluding hydrogens is 386 g/mol. The van der Waals surface area contributed by atoms with Crippen LogP contribution in [0.25, 0.3) is 10.2 Å². The van der Waals surface area contributed by atoms with Gasteiger partial charge in [0.2, 0.25) is 5.91 Å². The molecule has 0 saturated carbocycles. The molecule has 0 spiro atoms. The van der Waals surface area contributed by atoms with Crippen molar-refractivity contribution in [3.8, 4) is 0 Å². The number of benzene rings is 1. The van der Waals surface area contributed by atoms with Crippen LogP contribution in [0.5, 0.6) is 0 Å². The van der Waals surface area contributed by atoms with E-state index in [2.05, 4.69) is 20.9 Å². The number of aromatic nitrogens is 3. The van der Waals surface area contributed by atoms with Gasteiger partial charge in [-0.1, -0.05) is 23.5 Å². The number of rotatable bonds is 2. The molecule has 0 aliphatic carbocycles. The Bertz CT molecular complexity index is 1070. The van der Waals surface area contributed by atoms with Crippen molar-refractivity contribution in [1.29, 1.82) is 0 Å². The number of hydrogen-bond acceptors (Lipinski definition) is 6. The number of para-hydroxylation sites is 1. The van der Waals surface area contributed by atoms with E-state index in [4.69, 9.17) is 9.72 Å². The molecule has 2 atom stereocenters. The lowest BCUT2D eigenvalue weighted by molar-refractivity contribution is -0.143. The van der Waals surface area contributed by atoms with Crippen LogP contribution in [0, 0.1) is 18.3 Å². The maximum atomic E-state index is 13.7. The van der Waals surface area contributed by atoms with Gasteiger partial charge in [-0.2, -0.15) is 0 Å². The molecule has 3 aliphatic rings. The Kier molecular flexibility index (Phi) is 3.77. The molecule has 2 saturated heterocycles. The average molecular weight is 410 g/mol. The van der Waals surface area contributed by atoms with Gasteiger partial charge in [-0.05, 0) is 19.1 Å². The minimum Gasteiger partial charge on any atom is -0.380 e. The summed E-state index contributed by atoms with van der Waals surface area (Å²) in [5.74, 6) is 1.36. The van der Waals surface area contributed by atoms with Crippen LogP contribution in [-0.4, -0.2) is 58.6 Å². The van der Waals surface area contributed by atoms with Gasteiger partial charge in [0.15, 0.2) is 5.13 Å². The second-order valence-corrected chi connectivity index (χ2v) is 9.45. The Morgan fingerprint density at radius 1 is 1.34 bits per heavy atom. The number of thiazole rings is 1. The van der Waals surface area contributed by atoms with Crippen LogP contribution in [0.4, 0.5) is 5.13 Å². The normalized spacial score (nSPS) is 26.2. The molecule has 150 valence electrons. The fourth-order valence-corrected chi connectivity index (χ4v) is 6.08. The van der Waals surface area contributed by atoms with Gasteiger partial charge in [-0.15, -0.1) is 0 Å². The van der Waals surface area contributed by atoms with E-state index in [0.717, 1.165) is 47.4 Å². The highest BCUT2D eigenvalue weighted by molar-refractivity contribution is 7.22. The van der Waals surface area contributed by atoms with Crippen LogP contribution in [0.1, 0.15) is 17.2 Å². The average Bonchev–Trinajstić information content (AvgIpc) is 3.46. The predicted molar refractivity (Wildman–Crippen MR) is 111 cm³/mol. The Morgan fingerprint density at radius 2 is 2.24 bits per heavy atom. The topological polar surface area (TPSA) is 74.3 Å². The molecule has 0 radical (unpaired) electrons. The summed E-state index contributed by atoms with van der Waals surface area (Å²) in [6, 6.07) is 8.22. The molecule has 1 N–H and O–H groups in total. The van der Waals surface area contributed by atoms with E-state index in [1.54, 1.807) is 11.3 Å². The highest BCUT2D eigenvalue weighted by Crippen LogP contribution is 2.46. The number of carbonyl (C=O) groups is 1. The summed E-state index contributed by atoms with van der Waals surface area (Å²) in [4.78, 5) is 30.7. The van der Waals surface area contributed by atoms with Crippen LogP contribution in [-0.2, 0) is 22.5 Å². The third-order valence-electron chi connectivity index (χ3n) is 6.59. The molecular formula is C21H23N5O2S. The van der Waals surface area contributed by atoms with Crippen molar-refractivity contribution in [3.05, 3.63) is 41.5 Å². The Hall–Kier alpha value is -2.45. The first-order valence-corrected chi connectivity index (χ1v) is 11.0. The highest BCUT2D eigenvalue weighted by atomic mass is 32.1. The molecule has 0 bridgehead atoms. The first-order chi connectivity index (χ1) is 14.1. The van der Waals surface area contributed by atoms with Crippen molar-refractivity contribution in [2.45, 2.75) is 19.9 Å². The largest absolute Gasteiger partial charge is 0.380 e. The van der Waals surface area contributed by atoms with Gasteiger partial charge in [0.05, 0.1) is 46.8 Å². The zero-order valence-electron chi connectivity index (χ0n) is 16.4. The lowest BCUT2D eigenvalue weighted by Crippen LogP contribution is -2.50. The predicted octanol–water partition coefficient (Wildman–Crippen LogP) is 2.37. The monoisotopic (exact) mass is 409 g/mol. The van der Waals surface area contributed by atoms with Gasteiger partial charge in [0, 0.05) is 32.0 Å². The minimum atomic E-state index is -0.468. The van der Waals surface area contributed by atoms with Gasteiger partial charge >= 0.3 is 0 Å². The number of ether oxygens (including phenoxy) is 1. The third kappa shape index (κ3) is 2.62. The van der Waals surface area contributed by atoms with Crippen molar-refractivity contribution in [2.24, 2.45) is 11.3 Å². The molecule has 5 heterocycles. The molecule has 2 aromatic heterocycles. The summed E-state index contributed by atoms with van der Waals surface area (Å²) >= 11 is 1.71. The number of carbonyl (C=O) groups excluding carboxylic acids is 1. The highest BCUT2D eigenvalue weighted by Gasteiger charge is 2.57. The number of hydrogen-bond donors (Lipinski definition) is 1. The molecule has 7 nitrogen and oxygen atoms in total. The zero-order valence-corrected chi connectivity index (χ0v) is 17.2. The molecule has 8 heteroatoms. The molecule has 3 aromatic rings. The third-order valence-corrected chi connectivity index (χ3v) is 7.69. The quantitative estimate of drug-likeness (QED) is 0.703. The molecule has 6 rings (SSSR count). The van der Waals surface area contributed by atoms with E-state index in [1.165, 1.54) is 4.70 Å². The number of fused-ring (bicyclic) bond motifs is 3. The summed E-state index contributed by atoms with van der Waals surface area (Å²) in [5.41, 5.74) is 2.74. The first kappa shape index (κ1) is 17.4. The maximum absolute atomic E-state index is 13.7. The van der Waals surface area contributed by atoms with Crippen LogP contribution in [0.3, 0.4) is 0 Å². The number of aromatic amines is 1. The van der Waals surface area contributed by atoms with Crippen molar-refractivity contribution >= 4 is 32.6 Å². The van der Waals surface area contributed by atoms with Crippen LogP contribution in [0.2, 0.25) is 0 Å². The molecule has 0 unspecified atom stereocenters. The van der Waals surface area contributed by atoms with E-state index in [1.807, 2.05) is 30.0 Å². The van der Waals surface area contributed by atoms with Gasteiger partial charge in [-0.25, -0.2) is 9.97 Å². The number of nitrogens with zero attached hydrogens (tertiary/aromatic N) is 4. The second-order valence-electron chi connectivity index (χ2n) is 8.44. The standard InChI is InChI=1S/C21H23N5O2S/c1-13-22-15-6-7-25(9-17(15)23-13)19(27)21-11-26(8-14(21)10-28-12-21)20-24-16-4-2-3-5-18(16)29-20/h2-5,14H,6-12H2,1H3,(H,22,23)/t14-,21-/m0/s1. The lowest BCUT2D eigenvalue weighted by atomic mass is 9.79. The number of anilines is 1. The number of aryl methyl sites for hydroxylation is 1. The maximum Gasteiger partial charge on any atom is 0.233 e. The summed E-state index contributed by atoms with van der Waals surface area (Å²) in [5, 5.41) is 1.01. The molecule has 29 heavy (non-hydrogen) atoms. The molecule has 1 aromatic carbocycles. The molecule has 2 fully saturated rings. The van der Waals surface area contributed by atoms with Crippen molar-refractivity contribution < 1.29 is 9.53 Å². The van der Waals surface area contributed by atoms with Gasteiger partial charge in [0.25, 0.3) is 0 Å². The van der Waals surface area contributed by atoms with Gasteiger partial charge in [-0.3, -0.25) is 4.79 Å². The fraction of sp³-hybridized carbons (Fsp3) is 0.476. The van der Waals surface area contributed by atoms with E-state index in [-0.39, 0.29) is 11.8 Å². The Morgan fingerprint density at radius 3 is 3.14 bits per heavy atom. The van der Waals surface area contributed by atoms with Crippen molar-refractivity contribution in [3.63, 3.8) is 0 Å².